The Kier molecular flexibility index (Phi) is 4.37. The number of nitrogens with one attached hydrogen (secondary N) is 1. The standard InChI is InChI=1S/C15H25N3O3/c1-5-15(6-2)12(19)16-14(21)18(13(15)20)11-7-8-17(4)9-10(11)3/h10-11H,5-9H2,1-4H3,(H,16,19,21). The molecule has 0 aliphatic carbocycles. The molecule has 2 aliphatic heterocycles. The largest absolute Gasteiger partial charge is 0.331 e. The zero-order valence-corrected chi connectivity index (χ0v) is 13.3. The van der Waals surface area contributed by atoms with Gasteiger partial charge in [-0.15, -0.1) is 0 Å². The highest BCUT2D eigenvalue weighted by molar-refractivity contribution is 6.19. The maximum Gasteiger partial charge on any atom is 0.331 e. The van der Waals surface area contributed by atoms with E-state index in [0.29, 0.717) is 12.8 Å². The first-order valence-corrected chi connectivity index (χ1v) is 7.75. The van der Waals surface area contributed by atoms with Crippen LogP contribution in [0.15, 0.2) is 0 Å². The fourth-order valence-corrected chi connectivity index (χ4v) is 3.60. The summed E-state index contributed by atoms with van der Waals surface area (Å²) in [6.07, 6.45) is 1.59. The third-order valence-electron chi connectivity index (χ3n) is 5.10. The van der Waals surface area contributed by atoms with Gasteiger partial charge in [0.1, 0.15) is 5.41 Å². The van der Waals surface area contributed by atoms with Crippen molar-refractivity contribution in [3.05, 3.63) is 0 Å². The number of rotatable bonds is 3. The van der Waals surface area contributed by atoms with Gasteiger partial charge < -0.3 is 4.90 Å². The maximum absolute atomic E-state index is 12.9. The van der Waals surface area contributed by atoms with E-state index in [4.69, 9.17) is 0 Å². The van der Waals surface area contributed by atoms with Crippen molar-refractivity contribution in [3.63, 3.8) is 0 Å². The first kappa shape index (κ1) is 15.9. The maximum atomic E-state index is 12.9. The molecule has 6 nitrogen and oxygen atoms in total. The molecule has 0 aromatic heterocycles. The number of likely N-dealkylation sites (tertiary alicyclic amines) is 1. The van der Waals surface area contributed by atoms with Gasteiger partial charge in [-0.1, -0.05) is 20.8 Å². The van der Waals surface area contributed by atoms with Crippen molar-refractivity contribution in [2.45, 2.75) is 46.1 Å². The summed E-state index contributed by atoms with van der Waals surface area (Å²) in [5.41, 5.74) is -1.09. The molecule has 4 amide bonds. The molecule has 2 fully saturated rings. The van der Waals surface area contributed by atoms with Crippen molar-refractivity contribution in [2.24, 2.45) is 11.3 Å². The Morgan fingerprint density at radius 1 is 1.24 bits per heavy atom. The minimum absolute atomic E-state index is 0.126. The normalized spacial score (nSPS) is 30.5. The van der Waals surface area contributed by atoms with Crippen LogP contribution in [0, 0.1) is 11.3 Å². The molecule has 2 unspecified atom stereocenters. The van der Waals surface area contributed by atoms with Gasteiger partial charge in [-0.2, -0.15) is 0 Å². The summed E-state index contributed by atoms with van der Waals surface area (Å²) in [5.74, 6) is -0.556. The molecule has 2 saturated heterocycles. The summed E-state index contributed by atoms with van der Waals surface area (Å²) in [6, 6.07) is -0.678. The topological polar surface area (TPSA) is 69.7 Å². The average Bonchev–Trinajstić information content (AvgIpc) is 2.42. The number of piperidine rings is 1. The van der Waals surface area contributed by atoms with E-state index >= 15 is 0 Å². The fraction of sp³-hybridized carbons (Fsp3) is 0.800. The van der Waals surface area contributed by atoms with Gasteiger partial charge >= 0.3 is 6.03 Å². The molecule has 118 valence electrons. The monoisotopic (exact) mass is 295 g/mol. The number of urea groups is 1. The van der Waals surface area contributed by atoms with E-state index in [1.54, 1.807) is 0 Å². The third-order valence-corrected chi connectivity index (χ3v) is 5.10. The molecule has 0 aromatic rings. The van der Waals surface area contributed by atoms with Crippen LogP contribution >= 0.6 is 0 Å². The molecule has 0 radical (unpaired) electrons. The van der Waals surface area contributed by atoms with Gasteiger partial charge in [-0.05, 0) is 38.8 Å². The summed E-state index contributed by atoms with van der Waals surface area (Å²) < 4.78 is 0. The molecule has 0 aromatic carbocycles. The Hall–Kier alpha value is -1.43. The Balaban J connectivity index is 2.32. The van der Waals surface area contributed by atoms with Crippen LogP contribution in [0.25, 0.3) is 0 Å². The summed E-state index contributed by atoms with van der Waals surface area (Å²) in [4.78, 5) is 40.8. The molecule has 0 saturated carbocycles. The van der Waals surface area contributed by atoms with Crippen LogP contribution < -0.4 is 5.32 Å². The zero-order chi connectivity index (χ0) is 15.8. The molecule has 2 rings (SSSR count). The third kappa shape index (κ3) is 2.46. The van der Waals surface area contributed by atoms with Crippen LogP contribution in [0.2, 0.25) is 0 Å². The van der Waals surface area contributed by atoms with Gasteiger partial charge in [0, 0.05) is 12.6 Å². The number of carbonyl (C=O) groups is 3. The number of amides is 4. The number of barbiturate groups is 1. The molecule has 21 heavy (non-hydrogen) atoms. The highest BCUT2D eigenvalue weighted by Gasteiger charge is 2.53. The lowest BCUT2D eigenvalue weighted by molar-refractivity contribution is -0.155. The molecule has 2 aliphatic rings. The van der Waals surface area contributed by atoms with Crippen LogP contribution in [0.1, 0.15) is 40.0 Å². The minimum atomic E-state index is -1.09. The highest BCUT2D eigenvalue weighted by Crippen LogP contribution is 2.35. The first-order valence-electron chi connectivity index (χ1n) is 7.75. The smallest absolute Gasteiger partial charge is 0.306 e. The van der Waals surface area contributed by atoms with Crippen LogP contribution in [-0.2, 0) is 9.59 Å². The molecular formula is C15H25N3O3. The van der Waals surface area contributed by atoms with Crippen molar-refractivity contribution in [1.29, 1.82) is 0 Å². The van der Waals surface area contributed by atoms with E-state index in [0.717, 1.165) is 19.5 Å². The van der Waals surface area contributed by atoms with Gasteiger partial charge in [0.15, 0.2) is 0 Å². The Labute approximate surface area is 125 Å². The highest BCUT2D eigenvalue weighted by atomic mass is 16.2. The molecule has 2 heterocycles. The Morgan fingerprint density at radius 3 is 2.38 bits per heavy atom. The van der Waals surface area contributed by atoms with Crippen molar-refractivity contribution in [1.82, 2.24) is 15.1 Å². The second-order valence-electron chi connectivity index (χ2n) is 6.32. The Morgan fingerprint density at radius 2 is 1.86 bits per heavy atom. The van der Waals surface area contributed by atoms with Crippen LogP contribution in [0.3, 0.4) is 0 Å². The van der Waals surface area contributed by atoms with Gasteiger partial charge in [-0.3, -0.25) is 19.8 Å². The van der Waals surface area contributed by atoms with E-state index in [-0.39, 0.29) is 17.9 Å². The number of imide groups is 2. The lowest BCUT2D eigenvalue weighted by Gasteiger charge is -2.46. The first-order chi connectivity index (χ1) is 9.87. The van der Waals surface area contributed by atoms with Crippen molar-refractivity contribution in [3.8, 4) is 0 Å². The van der Waals surface area contributed by atoms with Crippen molar-refractivity contribution < 1.29 is 14.4 Å². The molecule has 6 heteroatoms. The zero-order valence-electron chi connectivity index (χ0n) is 13.3. The second-order valence-corrected chi connectivity index (χ2v) is 6.32. The van der Waals surface area contributed by atoms with Crippen LogP contribution in [0.4, 0.5) is 4.79 Å². The number of nitrogens with zero attached hydrogens (tertiary/aromatic N) is 2. The van der Waals surface area contributed by atoms with Crippen LogP contribution in [-0.4, -0.2) is 53.8 Å². The van der Waals surface area contributed by atoms with E-state index in [2.05, 4.69) is 17.1 Å². The summed E-state index contributed by atoms with van der Waals surface area (Å²) in [6.45, 7) is 7.41. The van der Waals surface area contributed by atoms with E-state index < -0.39 is 17.4 Å². The van der Waals surface area contributed by atoms with E-state index in [1.165, 1.54) is 4.90 Å². The van der Waals surface area contributed by atoms with Crippen molar-refractivity contribution in [2.75, 3.05) is 20.1 Å². The minimum Gasteiger partial charge on any atom is -0.306 e. The van der Waals surface area contributed by atoms with Gasteiger partial charge in [0.05, 0.1) is 0 Å². The molecular weight excluding hydrogens is 270 g/mol. The van der Waals surface area contributed by atoms with Gasteiger partial charge in [0.2, 0.25) is 11.8 Å². The SMILES string of the molecule is CCC1(CC)C(=O)NC(=O)N(C2CCN(C)CC2C)C1=O. The lowest BCUT2D eigenvalue weighted by Crippen LogP contribution is -2.67. The Bertz CT molecular complexity index is 459. The van der Waals surface area contributed by atoms with Crippen molar-refractivity contribution >= 4 is 17.8 Å². The fourth-order valence-electron chi connectivity index (χ4n) is 3.60. The van der Waals surface area contributed by atoms with Gasteiger partial charge in [-0.25, -0.2) is 4.79 Å². The van der Waals surface area contributed by atoms with E-state index in [9.17, 15) is 14.4 Å². The average molecular weight is 295 g/mol. The molecule has 0 spiro atoms. The van der Waals surface area contributed by atoms with Crippen LogP contribution in [0.5, 0.6) is 0 Å². The molecule has 0 bridgehead atoms. The summed E-state index contributed by atoms with van der Waals surface area (Å²) >= 11 is 0. The number of hydrogen-bond donors (Lipinski definition) is 1. The molecule has 1 N–H and O–H groups in total. The number of hydrogen-bond acceptors (Lipinski definition) is 4. The lowest BCUT2D eigenvalue weighted by atomic mass is 9.77. The second kappa shape index (κ2) is 5.75. The summed E-state index contributed by atoms with van der Waals surface area (Å²) in [7, 11) is 2.04. The quantitative estimate of drug-likeness (QED) is 0.795. The van der Waals surface area contributed by atoms with E-state index in [1.807, 2.05) is 20.9 Å². The summed E-state index contributed by atoms with van der Waals surface area (Å²) in [5, 5.41) is 2.40. The number of carbonyl (C=O) groups excluding carboxylic acids is 3. The predicted octanol–water partition coefficient (Wildman–Crippen LogP) is 1.21. The predicted molar refractivity (Wildman–Crippen MR) is 78.5 cm³/mol. The van der Waals surface area contributed by atoms with Gasteiger partial charge in [0.25, 0.3) is 0 Å². The molecule has 2 atom stereocenters.